The van der Waals surface area contributed by atoms with Gasteiger partial charge in [-0.25, -0.2) is 16.8 Å². The third-order valence-corrected chi connectivity index (χ3v) is 8.90. The Kier molecular flexibility index (Phi) is 5.44. The maximum Gasteiger partial charge on any atom is 0.243 e. The van der Waals surface area contributed by atoms with Crippen molar-refractivity contribution in [1.29, 1.82) is 0 Å². The van der Waals surface area contributed by atoms with Crippen LogP contribution in [-0.2, 0) is 19.9 Å². The predicted molar refractivity (Wildman–Crippen MR) is 102 cm³/mol. The van der Waals surface area contributed by atoms with E-state index in [4.69, 9.17) is 11.6 Å². The van der Waals surface area contributed by atoms with Crippen LogP contribution in [0.4, 0.5) is 0 Å². The van der Waals surface area contributed by atoms with Crippen molar-refractivity contribution in [3.63, 3.8) is 0 Å². The van der Waals surface area contributed by atoms with Crippen molar-refractivity contribution in [2.75, 3.05) is 13.1 Å². The van der Waals surface area contributed by atoms with Gasteiger partial charge in [0.1, 0.15) is 0 Å². The lowest BCUT2D eigenvalue weighted by Gasteiger charge is -2.31. The number of halogens is 1. The van der Waals surface area contributed by atoms with Gasteiger partial charge in [0.25, 0.3) is 0 Å². The first kappa shape index (κ1) is 19.4. The molecular formula is C18H20ClNO4S2. The van der Waals surface area contributed by atoms with Gasteiger partial charge in [0.05, 0.1) is 15.0 Å². The zero-order valence-corrected chi connectivity index (χ0v) is 16.7. The minimum absolute atomic E-state index is 0.0405. The van der Waals surface area contributed by atoms with Gasteiger partial charge in [0.2, 0.25) is 10.0 Å². The summed E-state index contributed by atoms with van der Waals surface area (Å²) in [6, 6.07) is 12.6. The normalized spacial score (nSPS) is 19.4. The Bertz CT molecular complexity index is 903. The number of piperidine rings is 1. The summed E-state index contributed by atoms with van der Waals surface area (Å²) in [6.07, 6.45) is 0.938. The Morgan fingerprint density at radius 1 is 0.923 bits per heavy atom. The molecule has 0 bridgehead atoms. The van der Waals surface area contributed by atoms with Gasteiger partial charge in [-0.15, -0.1) is 0 Å². The Balaban J connectivity index is 1.87. The van der Waals surface area contributed by atoms with E-state index in [1.807, 2.05) is 6.92 Å². The van der Waals surface area contributed by atoms with Gasteiger partial charge in [-0.3, -0.25) is 0 Å². The first-order valence-corrected chi connectivity index (χ1v) is 11.6. The Labute approximate surface area is 159 Å². The average Bonchev–Trinajstić information content (AvgIpc) is 2.62. The van der Waals surface area contributed by atoms with E-state index in [0.717, 1.165) is 5.56 Å². The molecule has 0 aromatic heterocycles. The molecule has 0 amide bonds. The number of aryl methyl sites for hydroxylation is 1. The lowest BCUT2D eigenvalue weighted by atomic mass is 10.2. The molecular weight excluding hydrogens is 394 g/mol. The number of sulfone groups is 1. The molecule has 3 rings (SSSR count). The van der Waals surface area contributed by atoms with Crippen LogP contribution in [0, 0.1) is 6.92 Å². The van der Waals surface area contributed by atoms with Gasteiger partial charge in [-0.1, -0.05) is 29.3 Å². The molecule has 2 aromatic rings. The van der Waals surface area contributed by atoms with E-state index >= 15 is 0 Å². The smallest absolute Gasteiger partial charge is 0.223 e. The monoisotopic (exact) mass is 413 g/mol. The minimum Gasteiger partial charge on any atom is -0.223 e. The topological polar surface area (TPSA) is 71.5 Å². The molecule has 1 aliphatic rings. The Hall–Kier alpha value is -1.41. The molecule has 26 heavy (non-hydrogen) atoms. The highest BCUT2D eigenvalue weighted by molar-refractivity contribution is 7.92. The quantitative estimate of drug-likeness (QED) is 0.771. The van der Waals surface area contributed by atoms with Crippen LogP contribution in [0.5, 0.6) is 0 Å². The zero-order valence-electron chi connectivity index (χ0n) is 14.3. The molecule has 1 unspecified atom stereocenters. The second kappa shape index (κ2) is 7.31. The summed E-state index contributed by atoms with van der Waals surface area (Å²) >= 11 is 5.83. The van der Waals surface area contributed by atoms with Crippen LogP contribution >= 0.6 is 11.6 Å². The van der Waals surface area contributed by atoms with Gasteiger partial charge < -0.3 is 0 Å². The third kappa shape index (κ3) is 3.81. The maximum absolute atomic E-state index is 12.9. The van der Waals surface area contributed by atoms with Crippen LogP contribution in [0.3, 0.4) is 0 Å². The summed E-state index contributed by atoms with van der Waals surface area (Å²) in [5.74, 6) is 0. The highest BCUT2D eigenvalue weighted by atomic mass is 35.5. The molecule has 1 atom stereocenters. The van der Waals surface area contributed by atoms with E-state index in [0.29, 0.717) is 24.4 Å². The lowest BCUT2D eigenvalue weighted by molar-refractivity contribution is 0.346. The predicted octanol–water partition coefficient (Wildman–Crippen LogP) is 3.28. The van der Waals surface area contributed by atoms with Crippen LogP contribution in [0.15, 0.2) is 58.3 Å². The average molecular weight is 414 g/mol. The molecule has 0 N–H and O–H groups in total. The summed E-state index contributed by atoms with van der Waals surface area (Å²) in [4.78, 5) is 0.356. The van der Waals surface area contributed by atoms with Crippen molar-refractivity contribution in [3.8, 4) is 0 Å². The highest BCUT2D eigenvalue weighted by Crippen LogP contribution is 2.28. The van der Waals surface area contributed by atoms with Crippen molar-refractivity contribution in [1.82, 2.24) is 4.31 Å². The molecule has 2 aromatic carbocycles. The minimum atomic E-state index is -3.71. The second-order valence-corrected chi connectivity index (χ2v) is 11.0. The molecule has 5 nitrogen and oxygen atoms in total. The van der Waals surface area contributed by atoms with E-state index in [-0.39, 0.29) is 16.3 Å². The molecule has 0 aliphatic carbocycles. The molecule has 0 radical (unpaired) electrons. The first-order chi connectivity index (χ1) is 12.2. The van der Waals surface area contributed by atoms with Crippen molar-refractivity contribution < 1.29 is 16.8 Å². The maximum atomic E-state index is 12.9. The summed E-state index contributed by atoms with van der Waals surface area (Å²) in [7, 11) is -7.34. The molecule has 1 fully saturated rings. The van der Waals surface area contributed by atoms with E-state index in [2.05, 4.69) is 0 Å². The fourth-order valence-corrected chi connectivity index (χ4v) is 6.55. The number of sulfonamides is 1. The fraction of sp³-hybridized carbons (Fsp3) is 0.333. The van der Waals surface area contributed by atoms with Crippen molar-refractivity contribution >= 4 is 31.5 Å². The van der Waals surface area contributed by atoms with E-state index < -0.39 is 25.1 Å². The number of rotatable bonds is 4. The van der Waals surface area contributed by atoms with Gasteiger partial charge in [0, 0.05) is 18.1 Å². The number of hydrogen-bond donors (Lipinski definition) is 0. The summed E-state index contributed by atoms with van der Waals surface area (Å²) in [5.41, 5.74) is 0.964. The molecule has 8 heteroatoms. The largest absolute Gasteiger partial charge is 0.243 e. The Morgan fingerprint density at radius 3 is 2.12 bits per heavy atom. The number of nitrogens with zero attached hydrogens (tertiary/aromatic N) is 1. The summed E-state index contributed by atoms with van der Waals surface area (Å²) in [6.45, 7) is 2.16. The van der Waals surface area contributed by atoms with Crippen LogP contribution < -0.4 is 0 Å². The van der Waals surface area contributed by atoms with E-state index in [1.165, 1.54) is 28.6 Å². The van der Waals surface area contributed by atoms with Crippen LogP contribution in [0.1, 0.15) is 18.4 Å². The van der Waals surface area contributed by atoms with Crippen molar-refractivity contribution in [2.24, 2.45) is 0 Å². The molecule has 0 spiro atoms. The van der Waals surface area contributed by atoms with Gasteiger partial charge in [-0.05, 0) is 56.2 Å². The molecule has 140 valence electrons. The van der Waals surface area contributed by atoms with Crippen molar-refractivity contribution in [3.05, 3.63) is 59.1 Å². The van der Waals surface area contributed by atoms with Gasteiger partial charge >= 0.3 is 0 Å². The molecule has 1 saturated heterocycles. The summed E-state index contributed by atoms with van der Waals surface area (Å²) < 4.78 is 52.8. The van der Waals surface area contributed by atoms with Gasteiger partial charge in [0.15, 0.2) is 9.84 Å². The van der Waals surface area contributed by atoms with E-state index in [1.54, 1.807) is 24.3 Å². The van der Waals surface area contributed by atoms with Crippen LogP contribution in [0.2, 0.25) is 5.02 Å². The molecule has 1 heterocycles. The SMILES string of the molecule is Cc1ccc(S(=O)(=O)N2CCCC(S(=O)(=O)c3ccc(Cl)cc3)C2)cc1. The third-order valence-electron chi connectivity index (χ3n) is 4.58. The van der Waals surface area contributed by atoms with Crippen molar-refractivity contribution in [2.45, 2.75) is 34.8 Å². The molecule has 0 saturated carbocycles. The fourth-order valence-electron chi connectivity index (χ4n) is 3.05. The lowest BCUT2D eigenvalue weighted by Crippen LogP contribution is -2.45. The van der Waals surface area contributed by atoms with E-state index in [9.17, 15) is 16.8 Å². The highest BCUT2D eigenvalue weighted by Gasteiger charge is 2.37. The van der Waals surface area contributed by atoms with Crippen LogP contribution in [0.25, 0.3) is 0 Å². The second-order valence-electron chi connectivity index (χ2n) is 6.44. The number of benzene rings is 2. The Morgan fingerprint density at radius 2 is 1.50 bits per heavy atom. The first-order valence-electron chi connectivity index (χ1n) is 8.27. The zero-order chi connectivity index (χ0) is 18.9. The molecule has 1 aliphatic heterocycles. The van der Waals surface area contributed by atoms with Crippen LogP contribution in [-0.4, -0.2) is 39.5 Å². The van der Waals surface area contributed by atoms with Gasteiger partial charge in [-0.2, -0.15) is 4.31 Å². The summed E-state index contributed by atoms with van der Waals surface area (Å²) in [5, 5.41) is -0.311. The number of hydrogen-bond acceptors (Lipinski definition) is 4. The standard InChI is InChI=1S/C18H20ClNO4S2/c1-14-4-8-17(9-5-14)26(23,24)20-12-2-3-18(13-20)25(21,22)16-10-6-15(19)7-11-16/h4-11,18H,2-3,12-13H2,1H3.